The summed E-state index contributed by atoms with van der Waals surface area (Å²) in [4.78, 5) is 4.01. The van der Waals surface area contributed by atoms with Crippen LogP contribution in [0.25, 0.3) is 0 Å². The molecule has 1 aliphatic rings. The van der Waals surface area contributed by atoms with Crippen LogP contribution in [0.1, 0.15) is 11.6 Å². The lowest BCUT2D eigenvalue weighted by Gasteiger charge is -2.44. The summed E-state index contributed by atoms with van der Waals surface area (Å²) in [5.41, 5.74) is 6.71. The molecule has 0 saturated carbocycles. The molecular formula is C10H14N2O2. The highest BCUT2D eigenvalue weighted by Gasteiger charge is 2.44. The maximum Gasteiger partial charge on any atom is 0.0594 e. The molecular weight excluding hydrogens is 180 g/mol. The first kappa shape index (κ1) is 9.58. The minimum Gasteiger partial charge on any atom is -0.396 e. The number of rotatable bonds is 3. The number of ether oxygens (including phenoxy) is 1. The summed E-state index contributed by atoms with van der Waals surface area (Å²) in [6.07, 6.45) is 3.44. The van der Waals surface area contributed by atoms with Crippen molar-refractivity contribution >= 4 is 0 Å². The molecule has 2 heterocycles. The second-order valence-electron chi connectivity index (χ2n) is 3.78. The predicted molar refractivity (Wildman–Crippen MR) is 51.5 cm³/mol. The van der Waals surface area contributed by atoms with E-state index in [0.29, 0.717) is 13.2 Å². The van der Waals surface area contributed by atoms with Crippen molar-refractivity contribution in [3.8, 4) is 0 Å². The number of aliphatic hydroxyl groups is 1. The van der Waals surface area contributed by atoms with Gasteiger partial charge in [-0.3, -0.25) is 4.98 Å². The Bertz CT molecular complexity index is 293. The molecule has 3 N–H and O–H groups in total. The van der Waals surface area contributed by atoms with Gasteiger partial charge < -0.3 is 15.6 Å². The fraction of sp³-hybridized carbons (Fsp3) is 0.500. The minimum atomic E-state index is -0.303. The number of pyridine rings is 1. The number of nitrogens with two attached hydrogens (primary N) is 1. The van der Waals surface area contributed by atoms with E-state index in [1.54, 1.807) is 12.4 Å². The van der Waals surface area contributed by atoms with Crippen LogP contribution in [0.2, 0.25) is 0 Å². The number of nitrogens with zero attached hydrogens (tertiary/aromatic N) is 1. The third kappa shape index (κ3) is 1.41. The number of aromatic nitrogens is 1. The van der Waals surface area contributed by atoms with Crippen LogP contribution < -0.4 is 5.73 Å². The van der Waals surface area contributed by atoms with Gasteiger partial charge in [0.2, 0.25) is 0 Å². The fourth-order valence-electron chi connectivity index (χ4n) is 1.65. The molecule has 0 aliphatic carbocycles. The molecule has 0 radical (unpaired) electrons. The van der Waals surface area contributed by atoms with Gasteiger partial charge in [0.1, 0.15) is 0 Å². The fourth-order valence-corrected chi connectivity index (χ4v) is 1.65. The van der Waals surface area contributed by atoms with Crippen molar-refractivity contribution < 1.29 is 9.84 Å². The normalized spacial score (nSPS) is 21.3. The lowest BCUT2D eigenvalue weighted by molar-refractivity contribution is -0.150. The average molecular weight is 194 g/mol. The van der Waals surface area contributed by atoms with Crippen LogP contribution in [-0.4, -0.2) is 29.9 Å². The van der Waals surface area contributed by atoms with Gasteiger partial charge in [0.05, 0.1) is 25.2 Å². The van der Waals surface area contributed by atoms with Crippen molar-refractivity contribution in [2.24, 2.45) is 11.1 Å². The van der Waals surface area contributed by atoms with E-state index in [1.165, 1.54) is 0 Å². The third-order valence-electron chi connectivity index (χ3n) is 2.80. The molecule has 76 valence electrons. The second-order valence-corrected chi connectivity index (χ2v) is 3.78. The van der Waals surface area contributed by atoms with Gasteiger partial charge in [0.25, 0.3) is 0 Å². The van der Waals surface area contributed by atoms with E-state index in [9.17, 15) is 5.11 Å². The predicted octanol–water partition coefficient (Wildman–Crippen LogP) is 0.0903. The highest BCUT2D eigenvalue weighted by Crippen LogP contribution is 2.38. The van der Waals surface area contributed by atoms with E-state index in [2.05, 4.69) is 4.98 Å². The molecule has 1 unspecified atom stereocenters. The molecule has 0 aromatic carbocycles. The van der Waals surface area contributed by atoms with Gasteiger partial charge in [0.15, 0.2) is 0 Å². The Kier molecular flexibility index (Phi) is 2.50. The molecule has 0 spiro atoms. The van der Waals surface area contributed by atoms with E-state index >= 15 is 0 Å². The van der Waals surface area contributed by atoms with Crippen LogP contribution >= 0.6 is 0 Å². The summed E-state index contributed by atoms with van der Waals surface area (Å²) >= 11 is 0. The van der Waals surface area contributed by atoms with Crippen molar-refractivity contribution in [1.82, 2.24) is 4.98 Å². The Morgan fingerprint density at radius 3 is 2.86 bits per heavy atom. The summed E-state index contributed by atoms with van der Waals surface area (Å²) in [5, 5.41) is 9.29. The lowest BCUT2D eigenvalue weighted by Crippen LogP contribution is -2.52. The Balaban J connectivity index is 2.19. The van der Waals surface area contributed by atoms with Crippen LogP contribution in [-0.2, 0) is 4.74 Å². The van der Waals surface area contributed by atoms with E-state index in [1.807, 2.05) is 12.1 Å². The summed E-state index contributed by atoms with van der Waals surface area (Å²) in [6, 6.07) is 3.57. The topological polar surface area (TPSA) is 68.4 Å². The molecule has 1 fully saturated rings. The van der Waals surface area contributed by atoms with Gasteiger partial charge in [0, 0.05) is 18.4 Å². The van der Waals surface area contributed by atoms with Crippen LogP contribution in [0.3, 0.4) is 0 Å². The molecule has 14 heavy (non-hydrogen) atoms. The Morgan fingerprint density at radius 2 is 2.43 bits per heavy atom. The smallest absolute Gasteiger partial charge is 0.0594 e. The zero-order valence-corrected chi connectivity index (χ0v) is 7.89. The highest BCUT2D eigenvalue weighted by atomic mass is 16.5. The zero-order valence-electron chi connectivity index (χ0n) is 7.89. The molecule has 1 saturated heterocycles. The van der Waals surface area contributed by atoms with E-state index in [4.69, 9.17) is 10.5 Å². The summed E-state index contributed by atoms with van der Waals surface area (Å²) in [7, 11) is 0. The van der Waals surface area contributed by atoms with Gasteiger partial charge in [-0.05, 0) is 11.6 Å². The molecule has 4 heteroatoms. The van der Waals surface area contributed by atoms with Gasteiger partial charge in [-0.15, -0.1) is 0 Å². The number of hydrogen-bond donors (Lipinski definition) is 2. The van der Waals surface area contributed by atoms with Crippen molar-refractivity contribution in [1.29, 1.82) is 0 Å². The van der Waals surface area contributed by atoms with Crippen molar-refractivity contribution in [2.75, 3.05) is 19.8 Å². The van der Waals surface area contributed by atoms with Crippen LogP contribution in [0.15, 0.2) is 24.5 Å². The standard InChI is InChI=1S/C10H14N2O2/c11-9(8-2-1-3-12-4-8)10(5-13)6-14-7-10/h1-4,9,13H,5-7,11H2. The Morgan fingerprint density at radius 1 is 1.64 bits per heavy atom. The average Bonchev–Trinajstić information content (AvgIpc) is 2.18. The van der Waals surface area contributed by atoms with Gasteiger partial charge >= 0.3 is 0 Å². The minimum absolute atomic E-state index is 0.0586. The molecule has 1 aromatic rings. The molecule has 4 nitrogen and oxygen atoms in total. The monoisotopic (exact) mass is 194 g/mol. The maximum absolute atomic E-state index is 9.29. The van der Waals surface area contributed by atoms with Gasteiger partial charge in [-0.25, -0.2) is 0 Å². The molecule has 1 aromatic heterocycles. The number of hydrogen-bond acceptors (Lipinski definition) is 4. The SMILES string of the molecule is NC(c1cccnc1)C1(CO)COC1. The maximum atomic E-state index is 9.29. The van der Waals surface area contributed by atoms with E-state index in [-0.39, 0.29) is 18.1 Å². The Labute approximate surface area is 82.7 Å². The van der Waals surface area contributed by atoms with Crippen LogP contribution in [0.5, 0.6) is 0 Å². The highest BCUT2D eigenvalue weighted by molar-refractivity contribution is 5.18. The molecule has 0 amide bonds. The van der Waals surface area contributed by atoms with Crippen LogP contribution in [0.4, 0.5) is 0 Å². The summed E-state index contributed by atoms with van der Waals surface area (Å²) in [6.45, 7) is 1.11. The van der Waals surface area contributed by atoms with Gasteiger partial charge in [-0.1, -0.05) is 6.07 Å². The lowest BCUT2D eigenvalue weighted by atomic mass is 9.77. The quantitative estimate of drug-likeness (QED) is 0.715. The van der Waals surface area contributed by atoms with Crippen molar-refractivity contribution in [3.05, 3.63) is 30.1 Å². The number of aliphatic hydroxyl groups excluding tert-OH is 1. The largest absolute Gasteiger partial charge is 0.396 e. The molecule has 2 rings (SSSR count). The Hall–Kier alpha value is -0.970. The first-order valence-electron chi connectivity index (χ1n) is 4.63. The molecule has 0 bridgehead atoms. The van der Waals surface area contributed by atoms with E-state index < -0.39 is 0 Å². The van der Waals surface area contributed by atoms with Crippen molar-refractivity contribution in [2.45, 2.75) is 6.04 Å². The summed E-state index contributed by atoms with van der Waals surface area (Å²) in [5.74, 6) is 0. The first-order valence-corrected chi connectivity index (χ1v) is 4.63. The van der Waals surface area contributed by atoms with Crippen LogP contribution in [0, 0.1) is 5.41 Å². The second kappa shape index (κ2) is 3.65. The molecule has 1 atom stereocenters. The third-order valence-corrected chi connectivity index (χ3v) is 2.80. The first-order chi connectivity index (χ1) is 6.78. The van der Waals surface area contributed by atoms with Crippen molar-refractivity contribution in [3.63, 3.8) is 0 Å². The van der Waals surface area contributed by atoms with E-state index in [0.717, 1.165) is 5.56 Å². The zero-order chi connectivity index (χ0) is 10.0. The summed E-state index contributed by atoms with van der Waals surface area (Å²) < 4.78 is 5.11. The molecule has 1 aliphatic heterocycles. The van der Waals surface area contributed by atoms with Gasteiger partial charge in [-0.2, -0.15) is 0 Å².